The van der Waals surface area contributed by atoms with Gasteiger partial charge in [-0.1, -0.05) is 30.4 Å². The molecule has 1 aromatic rings. The molecule has 0 saturated carbocycles. The zero-order valence-electron chi connectivity index (χ0n) is 16.5. The van der Waals surface area contributed by atoms with Gasteiger partial charge in [-0.2, -0.15) is 0 Å². The summed E-state index contributed by atoms with van der Waals surface area (Å²) in [4.78, 5) is 61.8. The molecule has 1 heterocycles. The summed E-state index contributed by atoms with van der Waals surface area (Å²) in [5.74, 6) is -3.18. The second-order valence-electron chi connectivity index (χ2n) is 7.18. The number of carbonyl (C=O) groups excluding carboxylic acids is 5. The van der Waals surface area contributed by atoms with Crippen LogP contribution in [0, 0.1) is 11.8 Å². The minimum Gasteiger partial charge on any atom is -0.452 e. The largest absolute Gasteiger partial charge is 0.452 e. The third-order valence-electron chi connectivity index (χ3n) is 5.15. The number of rotatable bonds is 6. The first kappa shape index (κ1) is 21.2. The fourth-order valence-corrected chi connectivity index (χ4v) is 3.48. The molecule has 0 bridgehead atoms. The van der Waals surface area contributed by atoms with Gasteiger partial charge in [-0.05, 0) is 31.9 Å². The van der Waals surface area contributed by atoms with Crippen molar-refractivity contribution in [3.8, 4) is 0 Å². The van der Waals surface area contributed by atoms with E-state index >= 15 is 0 Å². The Bertz CT molecular complexity index is 856. The van der Waals surface area contributed by atoms with Crippen LogP contribution in [-0.4, -0.2) is 47.1 Å². The second-order valence-corrected chi connectivity index (χ2v) is 7.18. The molecule has 0 spiro atoms. The van der Waals surface area contributed by atoms with Crippen LogP contribution in [-0.2, 0) is 23.9 Å². The number of esters is 1. The predicted octanol–water partition coefficient (Wildman–Crippen LogP) is 0.721. The molecule has 158 valence electrons. The summed E-state index contributed by atoms with van der Waals surface area (Å²) in [6.07, 6.45) is 3.47. The van der Waals surface area contributed by atoms with Crippen LogP contribution in [0.25, 0.3) is 0 Å². The number of ether oxygens (including phenoxy) is 1. The van der Waals surface area contributed by atoms with Gasteiger partial charge in [0.25, 0.3) is 11.8 Å². The van der Waals surface area contributed by atoms with Gasteiger partial charge < -0.3 is 4.74 Å². The highest BCUT2D eigenvalue weighted by atomic mass is 16.5. The van der Waals surface area contributed by atoms with E-state index in [4.69, 9.17) is 4.74 Å². The SMILES string of the molecule is C[C@H](OC(=O)CCN1C(=O)[C@H]2CC=CC[C@H]2C1=O)C(=O)NNC(=O)c1ccccc1. The Morgan fingerprint density at radius 1 is 1.03 bits per heavy atom. The van der Waals surface area contributed by atoms with Gasteiger partial charge in [0.05, 0.1) is 18.3 Å². The molecule has 1 fully saturated rings. The second kappa shape index (κ2) is 9.34. The van der Waals surface area contributed by atoms with E-state index in [1.165, 1.54) is 6.92 Å². The lowest BCUT2D eigenvalue weighted by molar-refractivity contribution is -0.155. The van der Waals surface area contributed by atoms with Crippen LogP contribution in [0.2, 0.25) is 0 Å². The zero-order chi connectivity index (χ0) is 21.7. The molecule has 3 rings (SSSR count). The number of nitrogens with zero attached hydrogens (tertiary/aromatic N) is 1. The molecule has 2 aliphatic rings. The first-order valence-corrected chi connectivity index (χ1v) is 9.73. The summed E-state index contributed by atoms with van der Waals surface area (Å²) in [7, 11) is 0. The molecule has 0 aromatic heterocycles. The van der Waals surface area contributed by atoms with E-state index in [9.17, 15) is 24.0 Å². The highest BCUT2D eigenvalue weighted by Gasteiger charge is 2.47. The van der Waals surface area contributed by atoms with Crippen molar-refractivity contribution in [1.82, 2.24) is 15.8 Å². The van der Waals surface area contributed by atoms with Crippen molar-refractivity contribution in [2.75, 3.05) is 6.54 Å². The van der Waals surface area contributed by atoms with Crippen LogP contribution in [0.4, 0.5) is 0 Å². The van der Waals surface area contributed by atoms with Gasteiger partial charge in [0.15, 0.2) is 6.10 Å². The van der Waals surface area contributed by atoms with Gasteiger partial charge in [0.1, 0.15) is 0 Å². The third-order valence-corrected chi connectivity index (χ3v) is 5.15. The lowest BCUT2D eigenvalue weighted by atomic mass is 9.85. The van der Waals surface area contributed by atoms with Crippen molar-refractivity contribution >= 4 is 29.6 Å². The molecule has 30 heavy (non-hydrogen) atoms. The highest BCUT2D eigenvalue weighted by molar-refractivity contribution is 6.05. The van der Waals surface area contributed by atoms with E-state index in [1.54, 1.807) is 30.3 Å². The number of allylic oxidation sites excluding steroid dienone is 2. The minimum atomic E-state index is -1.16. The fraction of sp³-hybridized carbons (Fsp3) is 0.381. The van der Waals surface area contributed by atoms with E-state index in [2.05, 4.69) is 10.9 Å². The van der Waals surface area contributed by atoms with Gasteiger partial charge >= 0.3 is 5.97 Å². The lowest BCUT2D eigenvalue weighted by Crippen LogP contribution is -2.46. The van der Waals surface area contributed by atoms with Gasteiger partial charge in [-0.3, -0.25) is 39.7 Å². The van der Waals surface area contributed by atoms with Crippen molar-refractivity contribution < 1.29 is 28.7 Å². The monoisotopic (exact) mass is 413 g/mol. The molecule has 0 unspecified atom stereocenters. The number of hydrazine groups is 1. The molecule has 4 amide bonds. The fourth-order valence-electron chi connectivity index (χ4n) is 3.48. The Hall–Kier alpha value is -3.49. The number of benzene rings is 1. The summed E-state index contributed by atoms with van der Waals surface area (Å²) in [5.41, 5.74) is 4.79. The minimum absolute atomic E-state index is 0.0808. The van der Waals surface area contributed by atoms with E-state index in [0.29, 0.717) is 18.4 Å². The first-order valence-electron chi connectivity index (χ1n) is 9.73. The molecule has 1 aliphatic heterocycles. The van der Waals surface area contributed by atoms with Crippen molar-refractivity contribution in [1.29, 1.82) is 0 Å². The van der Waals surface area contributed by atoms with Crippen LogP contribution in [0.5, 0.6) is 0 Å². The van der Waals surface area contributed by atoms with E-state index in [-0.39, 0.29) is 36.6 Å². The van der Waals surface area contributed by atoms with Crippen LogP contribution < -0.4 is 10.9 Å². The van der Waals surface area contributed by atoms with E-state index < -0.39 is 23.9 Å². The predicted molar refractivity (Wildman–Crippen MR) is 104 cm³/mol. The topological polar surface area (TPSA) is 122 Å². The average Bonchev–Trinajstić information content (AvgIpc) is 3.01. The molecular formula is C21H23N3O6. The number of likely N-dealkylation sites (tertiary alicyclic amines) is 1. The Morgan fingerprint density at radius 3 is 2.23 bits per heavy atom. The normalized spacial score (nSPS) is 21.0. The van der Waals surface area contributed by atoms with Crippen LogP contribution in [0.15, 0.2) is 42.5 Å². The molecular weight excluding hydrogens is 390 g/mol. The molecule has 1 aromatic carbocycles. The van der Waals surface area contributed by atoms with Crippen molar-refractivity contribution in [3.63, 3.8) is 0 Å². The highest BCUT2D eigenvalue weighted by Crippen LogP contribution is 2.34. The summed E-state index contributed by atoms with van der Waals surface area (Å²) < 4.78 is 5.04. The Labute approximate surface area is 173 Å². The summed E-state index contributed by atoms with van der Waals surface area (Å²) in [5, 5.41) is 0. The average molecular weight is 413 g/mol. The molecule has 9 nitrogen and oxygen atoms in total. The van der Waals surface area contributed by atoms with Crippen molar-refractivity contribution in [2.24, 2.45) is 11.8 Å². The summed E-state index contributed by atoms with van der Waals surface area (Å²) >= 11 is 0. The molecule has 1 aliphatic carbocycles. The quantitative estimate of drug-likeness (QED) is 0.307. The zero-order valence-corrected chi connectivity index (χ0v) is 16.5. The van der Waals surface area contributed by atoms with Gasteiger partial charge in [-0.25, -0.2) is 0 Å². The molecule has 0 radical (unpaired) electrons. The Kier molecular flexibility index (Phi) is 6.61. The van der Waals surface area contributed by atoms with E-state index in [1.807, 2.05) is 12.2 Å². The van der Waals surface area contributed by atoms with Gasteiger partial charge in [0, 0.05) is 12.1 Å². The van der Waals surface area contributed by atoms with Crippen LogP contribution in [0.3, 0.4) is 0 Å². The van der Waals surface area contributed by atoms with Crippen LogP contribution in [0.1, 0.15) is 36.5 Å². The Balaban J connectivity index is 1.42. The van der Waals surface area contributed by atoms with E-state index in [0.717, 1.165) is 4.90 Å². The van der Waals surface area contributed by atoms with Gasteiger partial charge in [0.2, 0.25) is 11.8 Å². The lowest BCUT2D eigenvalue weighted by Gasteiger charge is -2.16. The van der Waals surface area contributed by atoms with Crippen molar-refractivity contribution in [2.45, 2.75) is 32.3 Å². The maximum absolute atomic E-state index is 12.4. The molecule has 2 N–H and O–H groups in total. The maximum Gasteiger partial charge on any atom is 0.308 e. The number of imide groups is 1. The summed E-state index contributed by atoms with van der Waals surface area (Å²) in [6.45, 7) is 1.27. The molecule has 9 heteroatoms. The van der Waals surface area contributed by atoms with Gasteiger partial charge in [-0.15, -0.1) is 0 Å². The summed E-state index contributed by atoms with van der Waals surface area (Å²) in [6, 6.07) is 8.28. The molecule has 1 saturated heterocycles. The number of fused-ring (bicyclic) bond motifs is 1. The third kappa shape index (κ3) is 4.73. The Morgan fingerprint density at radius 2 is 1.63 bits per heavy atom. The number of nitrogens with one attached hydrogen (secondary N) is 2. The smallest absolute Gasteiger partial charge is 0.308 e. The van der Waals surface area contributed by atoms with Crippen molar-refractivity contribution in [3.05, 3.63) is 48.0 Å². The molecule has 3 atom stereocenters. The number of amides is 4. The van der Waals surface area contributed by atoms with Crippen LogP contribution >= 0.6 is 0 Å². The number of carbonyl (C=O) groups is 5. The standard InChI is InChI=1S/C21H23N3O6/c1-13(18(26)22-23-19(27)14-7-3-2-4-8-14)30-17(25)11-12-24-20(28)15-9-5-6-10-16(15)21(24)29/h2-8,13,15-16H,9-12H2,1H3,(H,22,26)(H,23,27)/t13-,15-,16+/m0/s1. The number of hydrogen-bond donors (Lipinski definition) is 2. The maximum atomic E-state index is 12.4. The first-order chi connectivity index (χ1) is 14.4. The number of hydrogen-bond acceptors (Lipinski definition) is 6.